The first kappa shape index (κ1) is 15.4. The molecule has 3 aromatic rings. The fourth-order valence-electron chi connectivity index (χ4n) is 3.51. The fraction of sp³-hybridized carbons (Fsp3) is 0.250. The maximum absolute atomic E-state index is 9.02. The van der Waals surface area contributed by atoms with Crippen molar-refractivity contribution in [1.82, 2.24) is 15.2 Å². The van der Waals surface area contributed by atoms with Gasteiger partial charge < -0.3 is 4.90 Å². The lowest BCUT2D eigenvalue weighted by atomic mass is 9.89. The van der Waals surface area contributed by atoms with E-state index in [0.717, 1.165) is 31.7 Å². The van der Waals surface area contributed by atoms with E-state index in [1.54, 1.807) is 6.07 Å². The summed E-state index contributed by atoms with van der Waals surface area (Å²) in [6, 6.07) is 18.1. The molecule has 3 heterocycles. The second-order valence-corrected chi connectivity index (χ2v) is 6.32. The van der Waals surface area contributed by atoms with Gasteiger partial charge in [0.15, 0.2) is 0 Å². The molecule has 0 amide bonds. The largest absolute Gasteiger partial charge is 0.357 e. The van der Waals surface area contributed by atoms with E-state index < -0.39 is 0 Å². The molecule has 0 spiro atoms. The van der Waals surface area contributed by atoms with E-state index in [2.05, 4.69) is 50.4 Å². The number of nitrogens with one attached hydrogen (secondary N) is 1. The standard InChI is InChI=1S/C20H19N5/c21-13-17-7-4-8-19(23-17)25-11-9-16(10-12-25)20-18(14-22-24-20)15-5-2-1-3-6-15/h1-8,14,16H,9-12H2,(H,22,24). The van der Waals surface area contributed by atoms with Crippen molar-refractivity contribution in [3.05, 3.63) is 66.1 Å². The molecule has 0 saturated carbocycles. The summed E-state index contributed by atoms with van der Waals surface area (Å²) in [4.78, 5) is 6.67. The molecule has 2 aromatic heterocycles. The molecule has 25 heavy (non-hydrogen) atoms. The molecule has 0 atom stereocenters. The molecule has 0 radical (unpaired) electrons. The normalized spacial score (nSPS) is 15.1. The number of aromatic nitrogens is 3. The van der Waals surface area contributed by atoms with Crippen LogP contribution in [0.5, 0.6) is 0 Å². The summed E-state index contributed by atoms with van der Waals surface area (Å²) in [5.41, 5.74) is 4.10. The zero-order chi connectivity index (χ0) is 17.1. The van der Waals surface area contributed by atoms with Crippen LogP contribution in [0, 0.1) is 11.3 Å². The van der Waals surface area contributed by atoms with E-state index in [-0.39, 0.29) is 0 Å². The predicted molar refractivity (Wildman–Crippen MR) is 97.2 cm³/mol. The lowest BCUT2D eigenvalue weighted by Crippen LogP contribution is -2.33. The van der Waals surface area contributed by atoms with Crippen molar-refractivity contribution in [2.75, 3.05) is 18.0 Å². The maximum atomic E-state index is 9.02. The second kappa shape index (κ2) is 6.78. The molecule has 1 N–H and O–H groups in total. The second-order valence-electron chi connectivity index (χ2n) is 6.32. The number of aromatic amines is 1. The highest BCUT2D eigenvalue weighted by Crippen LogP contribution is 2.34. The third-order valence-electron chi connectivity index (χ3n) is 4.83. The van der Waals surface area contributed by atoms with Crippen LogP contribution in [0.4, 0.5) is 5.82 Å². The summed E-state index contributed by atoms with van der Waals surface area (Å²) >= 11 is 0. The van der Waals surface area contributed by atoms with E-state index in [9.17, 15) is 0 Å². The first-order valence-corrected chi connectivity index (χ1v) is 8.56. The summed E-state index contributed by atoms with van der Waals surface area (Å²) in [7, 11) is 0. The number of hydrogen-bond donors (Lipinski definition) is 1. The molecule has 0 unspecified atom stereocenters. The van der Waals surface area contributed by atoms with Crippen molar-refractivity contribution in [3.8, 4) is 17.2 Å². The SMILES string of the molecule is N#Cc1cccc(N2CCC(c3[nH]ncc3-c3ccccc3)CC2)n1. The quantitative estimate of drug-likeness (QED) is 0.795. The third-order valence-corrected chi connectivity index (χ3v) is 4.83. The van der Waals surface area contributed by atoms with Gasteiger partial charge in [-0.15, -0.1) is 0 Å². The minimum absolute atomic E-state index is 0.466. The number of nitrogens with zero attached hydrogens (tertiary/aromatic N) is 4. The van der Waals surface area contributed by atoms with Crippen LogP contribution >= 0.6 is 0 Å². The highest BCUT2D eigenvalue weighted by Gasteiger charge is 2.25. The van der Waals surface area contributed by atoms with E-state index in [0.29, 0.717) is 11.6 Å². The smallest absolute Gasteiger partial charge is 0.142 e. The van der Waals surface area contributed by atoms with E-state index in [1.807, 2.05) is 24.4 Å². The number of piperidine rings is 1. The molecule has 1 aliphatic rings. The molecule has 1 fully saturated rings. The number of nitriles is 1. The van der Waals surface area contributed by atoms with Gasteiger partial charge in [-0.05, 0) is 30.5 Å². The van der Waals surface area contributed by atoms with Crippen LogP contribution in [0.2, 0.25) is 0 Å². The van der Waals surface area contributed by atoms with Crippen LogP contribution in [-0.4, -0.2) is 28.3 Å². The zero-order valence-electron chi connectivity index (χ0n) is 13.9. The molecule has 124 valence electrons. The highest BCUT2D eigenvalue weighted by molar-refractivity contribution is 5.65. The van der Waals surface area contributed by atoms with Crippen LogP contribution in [0.3, 0.4) is 0 Å². The molecule has 1 saturated heterocycles. The van der Waals surface area contributed by atoms with Crippen molar-refractivity contribution in [3.63, 3.8) is 0 Å². The van der Waals surface area contributed by atoms with Gasteiger partial charge in [0.2, 0.25) is 0 Å². The minimum atomic E-state index is 0.466. The molecule has 1 aliphatic heterocycles. The molecule has 5 heteroatoms. The Labute approximate surface area is 146 Å². The van der Waals surface area contributed by atoms with Crippen molar-refractivity contribution in [2.24, 2.45) is 0 Å². The fourth-order valence-corrected chi connectivity index (χ4v) is 3.51. The van der Waals surface area contributed by atoms with Gasteiger partial charge >= 0.3 is 0 Å². The summed E-state index contributed by atoms with van der Waals surface area (Å²) in [6.07, 6.45) is 4.01. The number of H-pyrrole nitrogens is 1. The molecule has 0 bridgehead atoms. The number of benzene rings is 1. The Morgan fingerprint density at radius 3 is 2.60 bits per heavy atom. The summed E-state index contributed by atoms with van der Waals surface area (Å²) < 4.78 is 0. The Morgan fingerprint density at radius 1 is 1.04 bits per heavy atom. The van der Waals surface area contributed by atoms with Gasteiger partial charge in [0.05, 0.1) is 6.20 Å². The van der Waals surface area contributed by atoms with E-state index in [1.165, 1.54) is 16.8 Å². The van der Waals surface area contributed by atoms with Gasteiger partial charge in [0.1, 0.15) is 17.6 Å². The molecule has 1 aromatic carbocycles. The average molecular weight is 329 g/mol. The van der Waals surface area contributed by atoms with E-state index >= 15 is 0 Å². The van der Waals surface area contributed by atoms with Crippen LogP contribution in [0.15, 0.2) is 54.7 Å². The first-order valence-electron chi connectivity index (χ1n) is 8.56. The molecule has 4 rings (SSSR count). The average Bonchev–Trinajstić information content (AvgIpc) is 3.19. The number of anilines is 1. The summed E-state index contributed by atoms with van der Waals surface area (Å²) in [5.74, 6) is 1.36. The van der Waals surface area contributed by atoms with Crippen LogP contribution < -0.4 is 4.90 Å². The zero-order valence-corrected chi connectivity index (χ0v) is 13.9. The van der Waals surface area contributed by atoms with Gasteiger partial charge in [0, 0.05) is 30.3 Å². The topological polar surface area (TPSA) is 68.6 Å². The lowest BCUT2D eigenvalue weighted by molar-refractivity contribution is 0.494. The minimum Gasteiger partial charge on any atom is -0.357 e. The molecule has 5 nitrogen and oxygen atoms in total. The van der Waals surface area contributed by atoms with Gasteiger partial charge in [-0.25, -0.2) is 4.98 Å². The number of rotatable bonds is 3. The van der Waals surface area contributed by atoms with Gasteiger partial charge in [0.25, 0.3) is 0 Å². The van der Waals surface area contributed by atoms with Crippen molar-refractivity contribution in [1.29, 1.82) is 5.26 Å². The lowest BCUT2D eigenvalue weighted by Gasteiger charge is -2.32. The highest BCUT2D eigenvalue weighted by atomic mass is 15.2. The Bertz CT molecular complexity index is 886. The number of hydrogen-bond acceptors (Lipinski definition) is 4. The Morgan fingerprint density at radius 2 is 1.84 bits per heavy atom. The summed E-state index contributed by atoms with van der Waals surface area (Å²) in [5, 5.41) is 16.5. The van der Waals surface area contributed by atoms with Crippen LogP contribution in [0.25, 0.3) is 11.1 Å². The Hall–Kier alpha value is -3.13. The molecular weight excluding hydrogens is 310 g/mol. The van der Waals surface area contributed by atoms with Crippen LogP contribution in [0.1, 0.15) is 30.1 Å². The first-order chi connectivity index (χ1) is 12.3. The van der Waals surface area contributed by atoms with E-state index in [4.69, 9.17) is 5.26 Å². The van der Waals surface area contributed by atoms with Crippen molar-refractivity contribution < 1.29 is 0 Å². The predicted octanol–water partition coefficient (Wildman–Crippen LogP) is 3.73. The van der Waals surface area contributed by atoms with Gasteiger partial charge in [-0.3, -0.25) is 5.10 Å². The molecule has 0 aliphatic carbocycles. The maximum Gasteiger partial charge on any atom is 0.142 e. The summed E-state index contributed by atoms with van der Waals surface area (Å²) in [6.45, 7) is 1.86. The van der Waals surface area contributed by atoms with Gasteiger partial charge in [-0.1, -0.05) is 36.4 Å². The van der Waals surface area contributed by atoms with Crippen LogP contribution in [-0.2, 0) is 0 Å². The molecular formula is C20H19N5. The van der Waals surface area contributed by atoms with Gasteiger partial charge in [-0.2, -0.15) is 10.4 Å². The third kappa shape index (κ3) is 3.11. The Kier molecular flexibility index (Phi) is 4.17. The monoisotopic (exact) mass is 329 g/mol. The number of pyridine rings is 1. The Balaban J connectivity index is 1.50. The van der Waals surface area contributed by atoms with Crippen molar-refractivity contribution in [2.45, 2.75) is 18.8 Å². The van der Waals surface area contributed by atoms with Crippen molar-refractivity contribution >= 4 is 5.82 Å².